The van der Waals surface area contributed by atoms with Crippen molar-refractivity contribution >= 4 is 10.2 Å². The summed E-state index contributed by atoms with van der Waals surface area (Å²) >= 11 is 0. The van der Waals surface area contributed by atoms with Crippen molar-refractivity contribution in [2.75, 3.05) is 13.1 Å². The zero-order chi connectivity index (χ0) is 14.5. The van der Waals surface area contributed by atoms with E-state index in [1.165, 1.54) is 0 Å². The molecule has 0 saturated carbocycles. The Kier molecular flexibility index (Phi) is 5.45. The van der Waals surface area contributed by atoms with Crippen molar-refractivity contribution < 1.29 is 12.9 Å². The molecule has 0 unspecified atom stereocenters. The lowest BCUT2D eigenvalue weighted by Gasteiger charge is -2.10. The van der Waals surface area contributed by atoms with Crippen molar-refractivity contribution in [1.82, 2.24) is 19.6 Å². The topological polar surface area (TPSA) is 97.1 Å². The highest BCUT2D eigenvalue weighted by Crippen LogP contribution is 2.19. The summed E-state index contributed by atoms with van der Waals surface area (Å²) in [6.07, 6.45) is 1.15. The Balaban J connectivity index is 2.44. The first-order valence-electron chi connectivity index (χ1n) is 6.32. The average Bonchev–Trinajstić information content (AvgIpc) is 2.74. The van der Waals surface area contributed by atoms with E-state index in [2.05, 4.69) is 19.6 Å². The third-order valence-corrected chi connectivity index (χ3v) is 3.46. The van der Waals surface area contributed by atoms with Crippen molar-refractivity contribution in [3.8, 4) is 0 Å². The lowest BCUT2D eigenvalue weighted by Crippen LogP contribution is -2.38. The quantitative estimate of drug-likeness (QED) is 0.772. The van der Waals surface area contributed by atoms with Crippen molar-refractivity contribution in [2.24, 2.45) is 0 Å². The summed E-state index contributed by atoms with van der Waals surface area (Å²) in [5.41, 5.74) is -0.201. The zero-order valence-electron chi connectivity index (χ0n) is 11.9. The summed E-state index contributed by atoms with van der Waals surface area (Å²) in [5.74, 6) is 1.05. The number of hydrogen-bond acceptors (Lipinski definition) is 5. The number of aromatic nitrogens is 2. The van der Waals surface area contributed by atoms with E-state index in [-0.39, 0.29) is 12.0 Å². The van der Waals surface area contributed by atoms with Crippen molar-refractivity contribution in [3.63, 3.8) is 0 Å². The predicted molar refractivity (Wildman–Crippen MR) is 71.9 cm³/mol. The molecule has 0 fully saturated rings. The summed E-state index contributed by atoms with van der Waals surface area (Å²) in [5, 5.41) is 3.82. The van der Waals surface area contributed by atoms with Crippen LogP contribution >= 0.6 is 0 Å². The lowest BCUT2D eigenvalue weighted by atomic mass is 9.97. The second-order valence-electron chi connectivity index (χ2n) is 5.31. The molecule has 0 aliphatic heterocycles. The number of rotatable bonds is 7. The largest absolute Gasteiger partial charge is 0.339 e. The van der Waals surface area contributed by atoms with Gasteiger partial charge < -0.3 is 4.52 Å². The highest BCUT2D eigenvalue weighted by atomic mass is 32.2. The molecule has 0 aliphatic carbocycles. The molecule has 19 heavy (non-hydrogen) atoms. The van der Waals surface area contributed by atoms with E-state index in [1.807, 2.05) is 27.7 Å². The minimum Gasteiger partial charge on any atom is -0.339 e. The van der Waals surface area contributed by atoms with Gasteiger partial charge in [-0.3, -0.25) is 0 Å². The van der Waals surface area contributed by atoms with Crippen LogP contribution in [0.15, 0.2) is 4.52 Å². The van der Waals surface area contributed by atoms with Crippen molar-refractivity contribution in [1.29, 1.82) is 0 Å². The Morgan fingerprint density at radius 2 is 1.84 bits per heavy atom. The van der Waals surface area contributed by atoms with Crippen molar-refractivity contribution in [2.45, 2.75) is 46.0 Å². The van der Waals surface area contributed by atoms with Crippen LogP contribution in [-0.2, 0) is 22.0 Å². The second kappa shape index (κ2) is 6.44. The fraction of sp³-hybridized carbons (Fsp3) is 0.818. The number of nitrogens with one attached hydrogen (secondary N) is 2. The molecule has 0 saturated heterocycles. The Labute approximate surface area is 114 Å². The molecule has 8 heteroatoms. The van der Waals surface area contributed by atoms with Crippen LogP contribution in [0.4, 0.5) is 0 Å². The number of nitrogens with zero attached hydrogens (tertiary/aromatic N) is 2. The summed E-state index contributed by atoms with van der Waals surface area (Å²) in [6.45, 7) is 8.48. The first kappa shape index (κ1) is 16.1. The van der Waals surface area contributed by atoms with Crippen LogP contribution in [0.25, 0.3) is 0 Å². The van der Waals surface area contributed by atoms with Crippen LogP contribution in [0, 0.1) is 0 Å². The Morgan fingerprint density at radius 3 is 2.37 bits per heavy atom. The van der Waals surface area contributed by atoms with Gasteiger partial charge in [-0.15, -0.1) is 0 Å². The molecule has 0 spiro atoms. The highest BCUT2D eigenvalue weighted by Gasteiger charge is 2.21. The van der Waals surface area contributed by atoms with Gasteiger partial charge in [0.25, 0.3) is 10.2 Å². The second-order valence-corrected chi connectivity index (χ2v) is 6.89. The maximum Gasteiger partial charge on any atom is 0.276 e. The molecular formula is C11H22N4O3S. The maximum atomic E-state index is 11.5. The van der Waals surface area contributed by atoms with E-state index >= 15 is 0 Å². The van der Waals surface area contributed by atoms with Crippen LogP contribution in [0.2, 0.25) is 0 Å². The summed E-state index contributed by atoms with van der Waals surface area (Å²) in [7, 11) is -3.42. The molecule has 110 valence electrons. The van der Waals surface area contributed by atoms with E-state index in [0.29, 0.717) is 24.7 Å². The van der Waals surface area contributed by atoms with Gasteiger partial charge in [-0.1, -0.05) is 32.9 Å². The molecule has 0 radical (unpaired) electrons. The predicted octanol–water partition coefficient (Wildman–Crippen LogP) is 0.744. The molecule has 0 aliphatic rings. The third kappa shape index (κ3) is 5.66. The van der Waals surface area contributed by atoms with Gasteiger partial charge in [0.2, 0.25) is 5.89 Å². The van der Waals surface area contributed by atoms with Gasteiger partial charge in [-0.05, 0) is 6.42 Å². The van der Waals surface area contributed by atoms with E-state index in [1.54, 1.807) is 0 Å². The van der Waals surface area contributed by atoms with Gasteiger partial charge in [-0.25, -0.2) is 9.44 Å². The van der Waals surface area contributed by atoms with Gasteiger partial charge in [0.1, 0.15) is 0 Å². The van der Waals surface area contributed by atoms with Gasteiger partial charge in [0.05, 0.1) is 0 Å². The average molecular weight is 290 g/mol. The fourth-order valence-electron chi connectivity index (χ4n) is 1.24. The molecule has 1 rings (SSSR count). The van der Waals surface area contributed by atoms with Crippen LogP contribution in [0.3, 0.4) is 0 Å². The first-order valence-corrected chi connectivity index (χ1v) is 7.80. The highest BCUT2D eigenvalue weighted by molar-refractivity contribution is 7.87. The SMILES string of the molecule is CCCNS(=O)(=O)NCCc1noc(C(C)(C)C)n1. The molecule has 1 aromatic heterocycles. The van der Waals surface area contributed by atoms with Gasteiger partial charge in [0.15, 0.2) is 5.82 Å². The minimum absolute atomic E-state index is 0.201. The molecule has 1 aromatic rings. The maximum absolute atomic E-state index is 11.5. The molecule has 0 bridgehead atoms. The molecule has 7 nitrogen and oxygen atoms in total. The molecule has 2 N–H and O–H groups in total. The minimum atomic E-state index is -3.42. The van der Waals surface area contributed by atoms with Crippen LogP contribution in [-0.4, -0.2) is 31.6 Å². The number of hydrogen-bond donors (Lipinski definition) is 2. The first-order chi connectivity index (χ1) is 8.74. The Hall–Kier alpha value is -0.990. The van der Waals surface area contributed by atoms with E-state index in [9.17, 15) is 8.42 Å². The zero-order valence-corrected chi connectivity index (χ0v) is 12.7. The van der Waals surface area contributed by atoms with E-state index in [4.69, 9.17) is 4.52 Å². The summed E-state index contributed by atoms with van der Waals surface area (Å²) in [4.78, 5) is 4.23. The third-order valence-electron chi connectivity index (χ3n) is 2.29. The van der Waals surface area contributed by atoms with Gasteiger partial charge >= 0.3 is 0 Å². The molecule has 0 aromatic carbocycles. The molecule has 1 heterocycles. The Morgan fingerprint density at radius 1 is 1.21 bits per heavy atom. The standard InChI is InChI=1S/C11H22N4O3S/c1-5-7-12-19(16,17)13-8-6-9-14-10(18-15-9)11(2,3)4/h12-13H,5-8H2,1-4H3. The van der Waals surface area contributed by atoms with Crippen molar-refractivity contribution in [3.05, 3.63) is 11.7 Å². The van der Waals surface area contributed by atoms with Crippen LogP contribution in [0.5, 0.6) is 0 Å². The normalized spacial score (nSPS) is 12.8. The van der Waals surface area contributed by atoms with E-state index in [0.717, 1.165) is 6.42 Å². The molecular weight excluding hydrogens is 268 g/mol. The smallest absolute Gasteiger partial charge is 0.276 e. The fourth-order valence-corrected chi connectivity index (χ4v) is 2.19. The lowest BCUT2D eigenvalue weighted by molar-refractivity contribution is 0.318. The monoisotopic (exact) mass is 290 g/mol. The van der Waals surface area contributed by atoms with Crippen LogP contribution < -0.4 is 9.44 Å². The van der Waals surface area contributed by atoms with Gasteiger partial charge in [0, 0.05) is 24.9 Å². The van der Waals surface area contributed by atoms with E-state index < -0.39 is 10.2 Å². The molecule has 0 atom stereocenters. The van der Waals surface area contributed by atoms with Gasteiger partial charge in [-0.2, -0.15) is 13.4 Å². The van der Waals surface area contributed by atoms with Crippen LogP contribution in [0.1, 0.15) is 45.8 Å². The summed E-state index contributed by atoms with van der Waals surface area (Å²) < 4.78 is 32.9. The summed E-state index contributed by atoms with van der Waals surface area (Å²) in [6, 6.07) is 0. The molecule has 0 amide bonds. The Bertz CT molecular complexity index is 490.